The minimum Gasteiger partial charge on any atom is -0.398 e. The van der Waals surface area contributed by atoms with E-state index in [1.807, 2.05) is 37.3 Å². The Morgan fingerprint density at radius 2 is 1.90 bits per heavy atom. The highest BCUT2D eigenvalue weighted by Gasteiger charge is 2.39. The lowest BCUT2D eigenvalue weighted by atomic mass is 10.1. The predicted octanol–water partition coefficient (Wildman–Crippen LogP) is 2.86. The number of amides is 1. The number of benzene rings is 2. The summed E-state index contributed by atoms with van der Waals surface area (Å²) in [6.45, 7) is 1.91. The summed E-state index contributed by atoms with van der Waals surface area (Å²) in [6.07, 6.45) is 1.00. The Kier molecular flexibility index (Phi) is 3.18. The normalized spacial score (nSPS) is 20.4. The topological polar surface area (TPSA) is 55.1 Å². The molecule has 2 unspecified atom stereocenters. The van der Waals surface area contributed by atoms with Gasteiger partial charge in [0.1, 0.15) is 0 Å². The first-order chi connectivity index (χ1) is 9.66. The van der Waals surface area contributed by atoms with Crippen LogP contribution in [0.3, 0.4) is 0 Å². The van der Waals surface area contributed by atoms with Crippen LogP contribution < -0.4 is 11.1 Å². The molecule has 3 N–H and O–H groups in total. The second kappa shape index (κ2) is 5.00. The molecule has 0 saturated heterocycles. The molecule has 0 bridgehead atoms. The van der Waals surface area contributed by atoms with E-state index in [0.717, 1.165) is 12.0 Å². The lowest BCUT2D eigenvalue weighted by Crippen LogP contribution is -2.27. The van der Waals surface area contributed by atoms with Gasteiger partial charge in [-0.3, -0.25) is 4.79 Å². The summed E-state index contributed by atoms with van der Waals surface area (Å²) in [4.78, 5) is 12.3. The van der Waals surface area contributed by atoms with Gasteiger partial charge in [0.25, 0.3) is 5.91 Å². The zero-order valence-electron chi connectivity index (χ0n) is 11.5. The number of anilines is 1. The predicted molar refractivity (Wildman–Crippen MR) is 80.6 cm³/mol. The maximum absolute atomic E-state index is 12.3. The molecule has 1 amide bonds. The van der Waals surface area contributed by atoms with Crippen molar-refractivity contribution in [2.45, 2.75) is 25.3 Å². The van der Waals surface area contributed by atoms with Crippen molar-refractivity contribution in [2.24, 2.45) is 0 Å². The van der Waals surface area contributed by atoms with Crippen molar-refractivity contribution >= 4 is 11.6 Å². The Hall–Kier alpha value is -2.29. The van der Waals surface area contributed by atoms with Gasteiger partial charge in [-0.15, -0.1) is 0 Å². The molecule has 1 saturated carbocycles. The third-order valence-corrected chi connectivity index (χ3v) is 3.90. The van der Waals surface area contributed by atoms with Crippen LogP contribution >= 0.6 is 0 Å². The van der Waals surface area contributed by atoms with Crippen molar-refractivity contribution in [1.82, 2.24) is 5.32 Å². The summed E-state index contributed by atoms with van der Waals surface area (Å²) >= 11 is 0. The highest BCUT2D eigenvalue weighted by molar-refractivity contribution is 6.00. The number of aryl methyl sites for hydroxylation is 1. The molecule has 0 heterocycles. The lowest BCUT2D eigenvalue weighted by molar-refractivity contribution is 0.0951. The van der Waals surface area contributed by atoms with Gasteiger partial charge in [0.15, 0.2) is 0 Å². The summed E-state index contributed by atoms with van der Waals surface area (Å²) in [6, 6.07) is 16.1. The summed E-state index contributed by atoms with van der Waals surface area (Å²) in [5.74, 6) is 0.362. The molecule has 3 rings (SSSR count). The SMILES string of the molecule is Cc1cccc(C(=O)NC2CC2c2ccccc2)c1N. The second-order valence-corrected chi connectivity index (χ2v) is 5.37. The molecule has 102 valence electrons. The van der Waals surface area contributed by atoms with E-state index in [1.165, 1.54) is 5.56 Å². The molecule has 0 radical (unpaired) electrons. The molecule has 2 atom stereocenters. The third kappa shape index (κ3) is 2.39. The van der Waals surface area contributed by atoms with E-state index < -0.39 is 0 Å². The maximum atomic E-state index is 12.3. The number of carbonyl (C=O) groups excluding carboxylic acids is 1. The number of rotatable bonds is 3. The molecule has 2 aromatic carbocycles. The van der Waals surface area contributed by atoms with Gasteiger partial charge in [0.05, 0.1) is 5.56 Å². The van der Waals surface area contributed by atoms with E-state index in [-0.39, 0.29) is 11.9 Å². The average molecular weight is 266 g/mol. The molecule has 0 aromatic heterocycles. The van der Waals surface area contributed by atoms with Crippen molar-refractivity contribution in [2.75, 3.05) is 5.73 Å². The standard InChI is InChI=1S/C17H18N2O/c1-11-6-5-9-13(16(11)18)17(20)19-15-10-14(15)12-7-3-2-4-8-12/h2-9,14-15H,10,18H2,1H3,(H,19,20). The van der Waals surface area contributed by atoms with Crippen molar-refractivity contribution in [3.8, 4) is 0 Å². The summed E-state index contributed by atoms with van der Waals surface area (Å²) in [5.41, 5.74) is 9.33. The van der Waals surface area contributed by atoms with Crippen molar-refractivity contribution in [3.05, 3.63) is 65.2 Å². The van der Waals surface area contributed by atoms with Crippen molar-refractivity contribution < 1.29 is 4.79 Å². The van der Waals surface area contributed by atoms with Gasteiger partial charge in [0.2, 0.25) is 0 Å². The molecular weight excluding hydrogens is 248 g/mol. The smallest absolute Gasteiger partial charge is 0.253 e. The van der Waals surface area contributed by atoms with Crippen LogP contribution in [0.2, 0.25) is 0 Å². The first-order valence-corrected chi connectivity index (χ1v) is 6.87. The van der Waals surface area contributed by atoms with Crippen LogP contribution in [0.15, 0.2) is 48.5 Å². The molecular formula is C17H18N2O. The molecule has 0 aliphatic heterocycles. The largest absolute Gasteiger partial charge is 0.398 e. The number of nitrogen functional groups attached to an aromatic ring is 1. The lowest BCUT2D eigenvalue weighted by Gasteiger charge is -2.09. The van der Waals surface area contributed by atoms with E-state index in [2.05, 4.69) is 17.4 Å². The molecule has 3 nitrogen and oxygen atoms in total. The first-order valence-electron chi connectivity index (χ1n) is 6.87. The number of para-hydroxylation sites is 1. The molecule has 20 heavy (non-hydrogen) atoms. The number of hydrogen-bond donors (Lipinski definition) is 2. The summed E-state index contributed by atoms with van der Waals surface area (Å²) in [7, 11) is 0. The zero-order valence-corrected chi connectivity index (χ0v) is 11.5. The number of nitrogens with one attached hydrogen (secondary N) is 1. The van der Waals surface area contributed by atoms with Gasteiger partial charge in [0, 0.05) is 17.6 Å². The van der Waals surface area contributed by atoms with Crippen LogP contribution in [0.1, 0.15) is 33.8 Å². The summed E-state index contributed by atoms with van der Waals surface area (Å²) in [5, 5.41) is 3.07. The molecule has 1 fully saturated rings. The van der Waals surface area contributed by atoms with Gasteiger partial charge in [-0.25, -0.2) is 0 Å². The number of hydrogen-bond acceptors (Lipinski definition) is 2. The average Bonchev–Trinajstić information content (AvgIpc) is 3.22. The molecule has 3 heteroatoms. The molecule has 2 aromatic rings. The monoisotopic (exact) mass is 266 g/mol. The minimum atomic E-state index is -0.0744. The molecule has 0 spiro atoms. The van der Waals surface area contributed by atoms with Crippen LogP contribution in [0.5, 0.6) is 0 Å². The fourth-order valence-electron chi connectivity index (χ4n) is 2.55. The van der Waals surface area contributed by atoms with Gasteiger partial charge >= 0.3 is 0 Å². The number of carbonyl (C=O) groups is 1. The fraction of sp³-hybridized carbons (Fsp3) is 0.235. The van der Waals surface area contributed by atoms with Gasteiger partial charge in [-0.2, -0.15) is 0 Å². The van der Waals surface area contributed by atoms with E-state index in [0.29, 0.717) is 17.2 Å². The quantitative estimate of drug-likeness (QED) is 0.839. The Morgan fingerprint density at radius 1 is 1.15 bits per heavy atom. The van der Waals surface area contributed by atoms with E-state index in [9.17, 15) is 4.79 Å². The highest BCUT2D eigenvalue weighted by atomic mass is 16.1. The van der Waals surface area contributed by atoms with Gasteiger partial charge < -0.3 is 11.1 Å². The van der Waals surface area contributed by atoms with Crippen molar-refractivity contribution in [1.29, 1.82) is 0 Å². The van der Waals surface area contributed by atoms with Crippen LogP contribution in [-0.4, -0.2) is 11.9 Å². The first kappa shape index (κ1) is 12.7. The Balaban J connectivity index is 1.68. The third-order valence-electron chi connectivity index (χ3n) is 3.90. The fourth-order valence-corrected chi connectivity index (χ4v) is 2.55. The molecule has 1 aliphatic rings. The zero-order chi connectivity index (χ0) is 14.1. The van der Waals surface area contributed by atoms with Crippen molar-refractivity contribution in [3.63, 3.8) is 0 Å². The van der Waals surface area contributed by atoms with E-state index in [4.69, 9.17) is 5.73 Å². The minimum absolute atomic E-state index is 0.0744. The Bertz CT molecular complexity index is 637. The second-order valence-electron chi connectivity index (χ2n) is 5.37. The Morgan fingerprint density at radius 3 is 2.65 bits per heavy atom. The number of nitrogens with two attached hydrogens (primary N) is 1. The van der Waals surface area contributed by atoms with Crippen LogP contribution in [0.4, 0.5) is 5.69 Å². The van der Waals surface area contributed by atoms with Gasteiger partial charge in [-0.1, -0.05) is 42.5 Å². The van der Waals surface area contributed by atoms with E-state index >= 15 is 0 Å². The van der Waals surface area contributed by atoms with Crippen LogP contribution in [0.25, 0.3) is 0 Å². The molecule has 1 aliphatic carbocycles. The maximum Gasteiger partial charge on any atom is 0.253 e. The van der Waals surface area contributed by atoms with Gasteiger partial charge in [-0.05, 0) is 30.5 Å². The highest BCUT2D eigenvalue weighted by Crippen LogP contribution is 2.40. The summed E-state index contributed by atoms with van der Waals surface area (Å²) < 4.78 is 0. The van der Waals surface area contributed by atoms with Crippen LogP contribution in [0, 0.1) is 6.92 Å². The van der Waals surface area contributed by atoms with E-state index in [1.54, 1.807) is 6.07 Å². The Labute approximate surface area is 118 Å². The van der Waals surface area contributed by atoms with Crippen LogP contribution in [-0.2, 0) is 0 Å².